The Bertz CT molecular complexity index is 382. The van der Waals surface area contributed by atoms with Gasteiger partial charge in [-0.2, -0.15) is 0 Å². The largest absolute Gasteiger partial charge is 0.492 e. The highest BCUT2D eigenvalue weighted by Gasteiger charge is 2.21. The molecule has 0 amide bonds. The van der Waals surface area contributed by atoms with E-state index < -0.39 is 0 Å². The predicted octanol–water partition coefficient (Wildman–Crippen LogP) is 1.75. The van der Waals surface area contributed by atoms with Crippen LogP contribution in [0.15, 0.2) is 18.2 Å². The fourth-order valence-corrected chi connectivity index (χ4v) is 2.05. The highest BCUT2D eigenvalue weighted by Crippen LogP contribution is 2.28. The number of hydrogen-bond acceptors (Lipinski definition) is 4. The van der Waals surface area contributed by atoms with Gasteiger partial charge in [0, 0.05) is 19.2 Å². The molecule has 1 fully saturated rings. The van der Waals surface area contributed by atoms with Crippen molar-refractivity contribution in [3.63, 3.8) is 0 Å². The Hall–Kier alpha value is -1.42. The van der Waals surface area contributed by atoms with Gasteiger partial charge in [0.05, 0.1) is 12.3 Å². The minimum Gasteiger partial charge on any atom is -0.492 e. The molecule has 4 heteroatoms. The molecule has 0 spiro atoms. The van der Waals surface area contributed by atoms with Gasteiger partial charge in [0.15, 0.2) is 0 Å². The van der Waals surface area contributed by atoms with Gasteiger partial charge in [-0.25, -0.2) is 0 Å². The van der Waals surface area contributed by atoms with Gasteiger partial charge in [0.1, 0.15) is 17.6 Å². The van der Waals surface area contributed by atoms with Crippen LogP contribution in [0.1, 0.15) is 13.3 Å². The molecule has 4 nitrogen and oxygen atoms in total. The van der Waals surface area contributed by atoms with Crippen molar-refractivity contribution in [2.75, 3.05) is 32.5 Å². The Labute approximate surface area is 102 Å². The Morgan fingerprint density at radius 1 is 1.47 bits per heavy atom. The number of nitrogens with zero attached hydrogens (tertiary/aromatic N) is 1. The molecule has 1 aromatic rings. The first-order chi connectivity index (χ1) is 8.19. The average Bonchev–Trinajstić information content (AvgIpc) is 2.69. The Morgan fingerprint density at radius 3 is 2.94 bits per heavy atom. The summed E-state index contributed by atoms with van der Waals surface area (Å²) in [7, 11) is 2.11. The van der Waals surface area contributed by atoms with Gasteiger partial charge < -0.3 is 20.1 Å². The lowest BCUT2D eigenvalue weighted by Gasteiger charge is -2.15. The molecular formula is C13H20N2O2. The van der Waals surface area contributed by atoms with E-state index >= 15 is 0 Å². The summed E-state index contributed by atoms with van der Waals surface area (Å²) >= 11 is 0. The van der Waals surface area contributed by atoms with Crippen molar-refractivity contribution in [3.8, 4) is 11.5 Å². The molecule has 0 aliphatic carbocycles. The van der Waals surface area contributed by atoms with Crippen LogP contribution in [0.5, 0.6) is 11.5 Å². The molecule has 0 unspecified atom stereocenters. The van der Waals surface area contributed by atoms with Crippen molar-refractivity contribution in [1.82, 2.24) is 4.90 Å². The minimum absolute atomic E-state index is 0.276. The number of likely N-dealkylation sites (tertiary alicyclic amines) is 1. The summed E-state index contributed by atoms with van der Waals surface area (Å²) in [4.78, 5) is 2.27. The molecule has 1 atom stereocenters. The molecule has 1 heterocycles. The molecule has 1 aliphatic rings. The zero-order valence-corrected chi connectivity index (χ0v) is 10.5. The van der Waals surface area contributed by atoms with E-state index in [0.717, 1.165) is 25.3 Å². The molecule has 1 aliphatic heterocycles. The molecule has 2 rings (SSSR count). The van der Waals surface area contributed by atoms with Crippen LogP contribution in [0.2, 0.25) is 0 Å². The SMILES string of the molecule is CCOc1cc(O[C@@H]2CCN(C)C2)ccc1N. The maximum Gasteiger partial charge on any atom is 0.145 e. The van der Waals surface area contributed by atoms with Crippen LogP contribution in [0.25, 0.3) is 0 Å². The average molecular weight is 236 g/mol. The Morgan fingerprint density at radius 2 is 2.29 bits per heavy atom. The van der Waals surface area contributed by atoms with E-state index in [1.165, 1.54) is 0 Å². The number of nitrogen functional groups attached to an aromatic ring is 1. The third-order valence-corrected chi connectivity index (χ3v) is 2.94. The van der Waals surface area contributed by atoms with E-state index in [2.05, 4.69) is 11.9 Å². The summed E-state index contributed by atoms with van der Waals surface area (Å²) in [6, 6.07) is 5.60. The van der Waals surface area contributed by atoms with Crippen molar-refractivity contribution in [2.24, 2.45) is 0 Å². The fraction of sp³-hybridized carbons (Fsp3) is 0.538. The molecule has 0 radical (unpaired) electrons. The van der Waals surface area contributed by atoms with Gasteiger partial charge in [0.2, 0.25) is 0 Å². The molecule has 1 aromatic carbocycles. The third kappa shape index (κ3) is 3.03. The zero-order chi connectivity index (χ0) is 12.3. The minimum atomic E-state index is 0.276. The predicted molar refractivity (Wildman–Crippen MR) is 68.6 cm³/mol. The van der Waals surface area contributed by atoms with E-state index in [0.29, 0.717) is 18.0 Å². The second-order valence-electron chi connectivity index (χ2n) is 4.42. The number of hydrogen-bond donors (Lipinski definition) is 1. The van der Waals surface area contributed by atoms with E-state index in [1.54, 1.807) is 0 Å². The van der Waals surface area contributed by atoms with Gasteiger partial charge in [-0.15, -0.1) is 0 Å². The van der Waals surface area contributed by atoms with E-state index in [9.17, 15) is 0 Å². The van der Waals surface area contributed by atoms with Gasteiger partial charge in [-0.05, 0) is 32.5 Å². The molecule has 94 valence electrons. The quantitative estimate of drug-likeness (QED) is 0.809. The van der Waals surface area contributed by atoms with Gasteiger partial charge in [0.25, 0.3) is 0 Å². The Balaban J connectivity index is 2.03. The maximum atomic E-state index is 5.91. The first-order valence-corrected chi connectivity index (χ1v) is 6.06. The molecule has 1 saturated heterocycles. The summed E-state index contributed by atoms with van der Waals surface area (Å²) in [6.45, 7) is 4.63. The van der Waals surface area contributed by atoms with Crippen molar-refractivity contribution in [2.45, 2.75) is 19.4 Å². The second kappa shape index (κ2) is 5.27. The van der Waals surface area contributed by atoms with Crippen molar-refractivity contribution >= 4 is 5.69 Å². The number of benzene rings is 1. The molecule has 0 bridgehead atoms. The number of rotatable bonds is 4. The summed E-state index contributed by atoms with van der Waals surface area (Å²) in [5.41, 5.74) is 6.47. The highest BCUT2D eigenvalue weighted by molar-refractivity contribution is 5.55. The lowest BCUT2D eigenvalue weighted by Crippen LogP contribution is -2.21. The summed E-state index contributed by atoms with van der Waals surface area (Å²) in [5, 5.41) is 0. The molecule has 2 N–H and O–H groups in total. The second-order valence-corrected chi connectivity index (χ2v) is 4.42. The van der Waals surface area contributed by atoms with E-state index in [-0.39, 0.29) is 6.10 Å². The lowest BCUT2D eigenvalue weighted by atomic mass is 10.2. The van der Waals surface area contributed by atoms with Crippen LogP contribution in [0.3, 0.4) is 0 Å². The van der Waals surface area contributed by atoms with Crippen LogP contribution < -0.4 is 15.2 Å². The van der Waals surface area contributed by atoms with Crippen LogP contribution >= 0.6 is 0 Å². The highest BCUT2D eigenvalue weighted by atomic mass is 16.5. The van der Waals surface area contributed by atoms with Crippen LogP contribution in [0.4, 0.5) is 5.69 Å². The van der Waals surface area contributed by atoms with Crippen LogP contribution in [-0.2, 0) is 0 Å². The fourth-order valence-electron chi connectivity index (χ4n) is 2.05. The number of likely N-dealkylation sites (N-methyl/N-ethyl adjacent to an activating group) is 1. The number of anilines is 1. The standard InChI is InChI=1S/C13H20N2O2/c1-3-16-13-8-10(4-5-12(13)14)17-11-6-7-15(2)9-11/h4-5,8,11H,3,6-7,9,14H2,1-2H3/t11-/m1/s1. The third-order valence-electron chi connectivity index (χ3n) is 2.94. The zero-order valence-electron chi connectivity index (χ0n) is 10.5. The summed E-state index contributed by atoms with van der Waals surface area (Å²) < 4.78 is 11.4. The smallest absolute Gasteiger partial charge is 0.145 e. The van der Waals surface area contributed by atoms with Crippen molar-refractivity contribution in [1.29, 1.82) is 0 Å². The summed E-state index contributed by atoms with van der Waals surface area (Å²) in [5.74, 6) is 1.54. The molecule has 0 aromatic heterocycles. The van der Waals surface area contributed by atoms with Gasteiger partial charge in [-0.1, -0.05) is 0 Å². The van der Waals surface area contributed by atoms with Crippen molar-refractivity contribution in [3.05, 3.63) is 18.2 Å². The monoisotopic (exact) mass is 236 g/mol. The topological polar surface area (TPSA) is 47.7 Å². The van der Waals surface area contributed by atoms with E-state index in [4.69, 9.17) is 15.2 Å². The first kappa shape index (κ1) is 12.0. The Kier molecular flexibility index (Phi) is 3.74. The van der Waals surface area contributed by atoms with Crippen LogP contribution in [-0.4, -0.2) is 37.7 Å². The first-order valence-electron chi connectivity index (χ1n) is 6.06. The van der Waals surface area contributed by atoms with Crippen molar-refractivity contribution < 1.29 is 9.47 Å². The molecular weight excluding hydrogens is 216 g/mol. The molecule has 0 saturated carbocycles. The number of ether oxygens (including phenoxy) is 2. The lowest BCUT2D eigenvalue weighted by molar-refractivity contribution is 0.207. The van der Waals surface area contributed by atoms with Crippen LogP contribution in [0, 0.1) is 0 Å². The maximum absolute atomic E-state index is 5.91. The van der Waals surface area contributed by atoms with E-state index in [1.807, 2.05) is 25.1 Å². The van der Waals surface area contributed by atoms with Gasteiger partial charge in [-0.3, -0.25) is 0 Å². The normalized spacial score (nSPS) is 20.5. The summed E-state index contributed by atoms with van der Waals surface area (Å²) in [6.07, 6.45) is 1.35. The number of nitrogens with two attached hydrogens (primary N) is 1. The molecule has 17 heavy (non-hydrogen) atoms. The van der Waals surface area contributed by atoms with Gasteiger partial charge >= 0.3 is 0 Å².